The van der Waals surface area contributed by atoms with Crippen molar-refractivity contribution >= 4 is 61.1 Å². The van der Waals surface area contributed by atoms with E-state index in [-0.39, 0.29) is 16.7 Å². The monoisotopic (exact) mass is 588 g/mol. The predicted octanol–water partition coefficient (Wildman–Crippen LogP) is 3.88. The van der Waals surface area contributed by atoms with Gasteiger partial charge in [0.05, 0.1) is 35.9 Å². The number of amides is 1. The van der Waals surface area contributed by atoms with Crippen LogP contribution in [0.3, 0.4) is 0 Å². The highest BCUT2D eigenvalue weighted by Gasteiger charge is 2.21. The van der Waals surface area contributed by atoms with Gasteiger partial charge in [0.2, 0.25) is 10.0 Å². The summed E-state index contributed by atoms with van der Waals surface area (Å²) in [7, 11) is -3.55. The molecule has 1 amide bonds. The van der Waals surface area contributed by atoms with E-state index in [9.17, 15) is 13.2 Å². The van der Waals surface area contributed by atoms with Crippen molar-refractivity contribution in [2.75, 3.05) is 42.5 Å². The summed E-state index contributed by atoms with van der Waals surface area (Å²) in [6.45, 7) is 9.17. The summed E-state index contributed by atoms with van der Waals surface area (Å²) in [6.07, 6.45) is 4.21. The maximum atomic E-state index is 13.2. The Labute approximate surface area is 235 Å². The smallest absolute Gasteiger partial charge is 0.275 e. The van der Waals surface area contributed by atoms with E-state index >= 15 is 0 Å². The third kappa shape index (κ3) is 6.56. The second-order valence-electron chi connectivity index (χ2n) is 9.78. The van der Waals surface area contributed by atoms with Crippen LogP contribution in [0, 0.1) is 0 Å². The summed E-state index contributed by atoms with van der Waals surface area (Å²) in [6, 6.07) is 5.76. The molecule has 0 radical (unpaired) electrons. The molecule has 1 fully saturated rings. The summed E-state index contributed by atoms with van der Waals surface area (Å²) < 4.78 is 25.8. The van der Waals surface area contributed by atoms with E-state index in [2.05, 4.69) is 53.9 Å². The highest BCUT2D eigenvalue weighted by atomic mass is 35.5. The van der Waals surface area contributed by atoms with Crippen molar-refractivity contribution in [3.05, 3.63) is 51.8 Å². The topological polar surface area (TPSA) is 136 Å². The Hall–Kier alpha value is -3.10. The molecular weight excluding hydrogens is 560 g/mol. The van der Waals surface area contributed by atoms with E-state index < -0.39 is 10.0 Å². The average molecular weight is 589 g/mol. The van der Waals surface area contributed by atoms with Crippen molar-refractivity contribution in [1.29, 1.82) is 0 Å². The first-order valence-electron chi connectivity index (χ1n) is 12.4. The average Bonchev–Trinajstić information content (AvgIpc) is 3.55. The largest absolute Gasteiger partial charge is 0.320 e. The standard InChI is InChI=1S/C25H29ClN8O3S2/c1-15(2)34-6-4-33(5-7-34)13-23-29-22(14-38-23)25(35)30-19-8-16(9-20-18(19)12-28-31-20)17-10-21(24(26)27-11-17)32-39(3,36)37/h8-12,14-15,32H,4-7,13H2,1-3H3,(H,28,31)(H,30,35). The summed E-state index contributed by atoms with van der Waals surface area (Å²) in [5.41, 5.74) is 3.02. The molecule has 0 atom stereocenters. The van der Waals surface area contributed by atoms with Crippen LogP contribution in [-0.2, 0) is 16.6 Å². The van der Waals surface area contributed by atoms with E-state index in [0.29, 0.717) is 34.1 Å². The second kappa shape index (κ2) is 11.2. The maximum absolute atomic E-state index is 13.2. The number of piperazine rings is 1. The van der Waals surface area contributed by atoms with Gasteiger partial charge in [-0.05, 0) is 37.6 Å². The number of rotatable bonds is 8. The molecule has 4 heterocycles. The molecule has 4 aromatic rings. The number of hydrogen-bond donors (Lipinski definition) is 3. The fourth-order valence-corrected chi connectivity index (χ4v) is 6.08. The lowest BCUT2D eigenvalue weighted by atomic mass is 10.0. The van der Waals surface area contributed by atoms with Crippen molar-refractivity contribution in [3.8, 4) is 11.1 Å². The van der Waals surface area contributed by atoms with Crippen LogP contribution in [0.4, 0.5) is 11.4 Å². The molecular formula is C25H29ClN8O3S2. The molecule has 1 aromatic carbocycles. The summed E-state index contributed by atoms with van der Waals surface area (Å²) >= 11 is 7.57. The molecule has 3 N–H and O–H groups in total. The van der Waals surface area contributed by atoms with Crippen molar-refractivity contribution in [3.63, 3.8) is 0 Å². The molecule has 39 heavy (non-hydrogen) atoms. The molecule has 0 bridgehead atoms. The molecule has 3 aromatic heterocycles. The van der Waals surface area contributed by atoms with E-state index in [4.69, 9.17) is 11.6 Å². The molecule has 206 valence electrons. The zero-order valence-corrected chi connectivity index (χ0v) is 24.1. The number of benzene rings is 1. The maximum Gasteiger partial charge on any atom is 0.275 e. The highest BCUT2D eigenvalue weighted by Crippen LogP contribution is 2.33. The van der Waals surface area contributed by atoms with E-state index in [1.165, 1.54) is 17.5 Å². The van der Waals surface area contributed by atoms with Crippen LogP contribution in [0.25, 0.3) is 22.0 Å². The molecule has 0 spiro atoms. The number of hydrogen-bond acceptors (Lipinski definition) is 9. The number of aromatic nitrogens is 4. The van der Waals surface area contributed by atoms with Gasteiger partial charge in [-0.15, -0.1) is 11.3 Å². The van der Waals surface area contributed by atoms with E-state index in [1.807, 2.05) is 6.07 Å². The van der Waals surface area contributed by atoms with Crippen molar-refractivity contribution in [1.82, 2.24) is 30.0 Å². The third-order valence-electron chi connectivity index (χ3n) is 6.56. The number of anilines is 2. The van der Waals surface area contributed by atoms with Crippen molar-refractivity contribution in [2.45, 2.75) is 26.4 Å². The summed E-state index contributed by atoms with van der Waals surface area (Å²) in [5.74, 6) is -0.324. The molecule has 1 aliphatic heterocycles. The number of sulfonamides is 1. The molecule has 11 nitrogen and oxygen atoms in total. The van der Waals surface area contributed by atoms with Gasteiger partial charge in [0.25, 0.3) is 5.91 Å². The molecule has 0 unspecified atom stereocenters. The summed E-state index contributed by atoms with van der Waals surface area (Å²) in [5, 5.41) is 13.4. The Balaban J connectivity index is 1.34. The molecule has 0 aliphatic carbocycles. The van der Waals surface area contributed by atoms with Crippen LogP contribution in [0.1, 0.15) is 29.3 Å². The number of H-pyrrole nitrogens is 1. The SMILES string of the molecule is CC(C)N1CCN(Cc2nc(C(=O)Nc3cc(-c4cnc(Cl)c(NS(C)(=O)=O)c4)cc4[nH]ncc34)cs2)CC1. The minimum Gasteiger partial charge on any atom is -0.320 e. The quantitative estimate of drug-likeness (QED) is 0.264. The first-order chi connectivity index (χ1) is 18.6. The Morgan fingerprint density at radius 3 is 2.59 bits per heavy atom. The van der Waals surface area contributed by atoms with Gasteiger partial charge in [-0.2, -0.15) is 5.10 Å². The summed E-state index contributed by atoms with van der Waals surface area (Å²) in [4.78, 5) is 26.7. The van der Waals surface area contributed by atoms with Crippen LogP contribution >= 0.6 is 22.9 Å². The minimum absolute atomic E-state index is 0.0291. The molecule has 5 rings (SSSR count). The van der Waals surface area contributed by atoms with Gasteiger partial charge in [-0.3, -0.25) is 24.4 Å². The Morgan fingerprint density at radius 1 is 1.13 bits per heavy atom. The molecule has 14 heteroatoms. The van der Waals surface area contributed by atoms with Gasteiger partial charge < -0.3 is 5.32 Å². The molecule has 1 aliphatic rings. The number of nitrogens with one attached hydrogen (secondary N) is 3. The van der Waals surface area contributed by atoms with Crippen molar-refractivity contribution < 1.29 is 13.2 Å². The fourth-order valence-electron chi connectivity index (χ4n) is 4.50. The van der Waals surface area contributed by atoms with E-state index in [1.54, 1.807) is 23.7 Å². The minimum atomic E-state index is -3.55. The van der Waals surface area contributed by atoms with Gasteiger partial charge in [-0.1, -0.05) is 11.6 Å². The normalized spacial score (nSPS) is 15.2. The van der Waals surface area contributed by atoms with Gasteiger partial charge in [0.15, 0.2) is 5.15 Å². The Morgan fingerprint density at radius 2 is 1.87 bits per heavy atom. The number of halogens is 1. The predicted molar refractivity (Wildman–Crippen MR) is 155 cm³/mol. The number of aromatic amines is 1. The Kier molecular flexibility index (Phi) is 7.87. The highest BCUT2D eigenvalue weighted by molar-refractivity contribution is 7.92. The number of thiazole rings is 1. The van der Waals surface area contributed by atoms with Crippen LogP contribution in [0.5, 0.6) is 0 Å². The number of carbonyl (C=O) groups is 1. The number of fused-ring (bicyclic) bond motifs is 1. The van der Waals surface area contributed by atoms with Crippen LogP contribution in [0.15, 0.2) is 36.0 Å². The number of carbonyl (C=O) groups excluding carboxylic acids is 1. The lowest BCUT2D eigenvalue weighted by Crippen LogP contribution is -2.48. The molecule has 0 saturated carbocycles. The van der Waals surface area contributed by atoms with E-state index in [0.717, 1.165) is 49.4 Å². The second-order valence-corrected chi connectivity index (χ2v) is 12.8. The number of nitrogens with zero attached hydrogens (tertiary/aromatic N) is 5. The number of pyridine rings is 1. The first kappa shape index (κ1) is 27.5. The lowest BCUT2D eigenvalue weighted by Gasteiger charge is -2.36. The van der Waals surface area contributed by atoms with Gasteiger partial charge in [-0.25, -0.2) is 18.4 Å². The van der Waals surface area contributed by atoms with Gasteiger partial charge in [0, 0.05) is 54.7 Å². The van der Waals surface area contributed by atoms with Crippen LogP contribution in [-0.4, -0.2) is 82.8 Å². The zero-order valence-electron chi connectivity index (χ0n) is 21.7. The van der Waals surface area contributed by atoms with Gasteiger partial charge >= 0.3 is 0 Å². The van der Waals surface area contributed by atoms with Gasteiger partial charge in [0.1, 0.15) is 10.7 Å². The fraction of sp³-hybridized carbons (Fsp3) is 0.360. The zero-order chi connectivity index (χ0) is 27.7. The van der Waals surface area contributed by atoms with Crippen LogP contribution in [0.2, 0.25) is 5.15 Å². The van der Waals surface area contributed by atoms with Crippen molar-refractivity contribution in [2.24, 2.45) is 0 Å². The molecule has 1 saturated heterocycles. The Bertz CT molecular complexity index is 1610. The third-order valence-corrected chi connectivity index (χ3v) is 8.28. The first-order valence-corrected chi connectivity index (χ1v) is 15.5. The van der Waals surface area contributed by atoms with Crippen LogP contribution < -0.4 is 10.0 Å². The lowest BCUT2D eigenvalue weighted by molar-refractivity contribution is 0.101.